The number of anilines is 1. The smallest absolute Gasteiger partial charge is 0.315 e. The molecule has 1 fully saturated rings. The van der Waals surface area contributed by atoms with Crippen LogP contribution < -0.4 is 15.5 Å². The van der Waals surface area contributed by atoms with Crippen LogP contribution in [0.15, 0.2) is 24.4 Å². The third kappa shape index (κ3) is 5.18. The summed E-state index contributed by atoms with van der Waals surface area (Å²) in [6.07, 6.45) is 3.07. The third-order valence-corrected chi connectivity index (χ3v) is 3.85. The van der Waals surface area contributed by atoms with Crippen LogP contribution in [0.25, 0.3) is 0 Å². The zero-order chi connectivity index (χ0) is 15.9. The first-order chi connectivity index (χ1) is 10.5. The fourth-order valence-corrected chi connectivity index (χ4v) is 2.80. The molecule has 1 aliphatic heterocycles. The summed E-state index contributed by atoms with van der Waals surface area (Å²) in [4.78, 5) is 18.4. The van der Waals surface area contributed by atoms with Crippen molar-refractivity contribution in [1.82, 2.24) is 15.6 Å². The molecule has 2 rings (SSSR count). The molecule has 2 amide bonds. The highest BCUT2D eigenvalue weighted by molar-refractivity contribution is 5.74. The molecule has 0 saturated carbocycles. The van der Waals surface area contributed by atoms with Crippen LogP contribution in [0.3, 0.4) is 0 Å². The van der Waals surface area contributed by atoms with Gasteiger partial charge in [0.25, 0.3) is 0 Å². The second-order valence-electron chi connectivity index (χ2n) is 6.16. The van der Waals surface area contributed by atoms with E-state index in [1.165, 1.54) is 0 Å². The molecule has 1 saturated heterocycles. The van der Waals surface area contributed by atoms with Crippen LogP contribution in [0.1, 0.15) is 26.7 Å². The average molecular weight is 306 g/mol. The largest absolute Gasteiger partial charge is 0.393 e. The number of carbonyl (C=O) groups excluding carboxylic acids is 1. The summed E-state index contributed by atoms with van der Waals surface area (Å²) >= 11 is 0. The molecule has 1 aromatic heterocycles. The van der Waals surface area contributed by atoms with E-state index in [0.29, 0.717) is 13.0 Å². The maximum atomic E-state index is 11.9. The van der Waals surface area contributed by atoms with Gasteiger partial charge in [-0.2, -0.15) is 0 Å². The lowest BCUT2D eigenvalue weighted by atomic mass is 10.1. The Balaban J connectivity index is 1.70. The number of aliphatic hydroxyl groups excluding tert-OH is 1. The number of nitrogens with one attached hydrogen (secondary N) is 2. The van der Waals surface area contributed by atoms with Gasteiger partial charge < -0.3 is 20.6 Å². The number of nitrogens with zero attached hydrogens (tertiary/aromatic N) is 2. The Hall–Kier alpha value is -1.82. The van der Waals surface area contributed by atoms with Gasteiger partial charge in [0, 0.05) is 31.9 Å². The van der Waals surface area contributed by atoms with E-state index in [1.54, 1.807) is 13.1 Å². The van der Waals surface area contributed by atoms with Gasteiger partial charge in [0.2, 0.25) is 0 Å². The molecule has 6 nitrogen and oxygen atoms in total. The fraction of sp³-hybridized carbons (Fsp3) is 0.625. The summed E-state index contributed by atoms with van der Waals surface area (Å²) in [6.45, 7) is 6.05. The van der Waals surface area contributed by atoms with Crippen molar-refractivity contribution in [2.75, 3.05) is 24.5 Å². The number of hydrogen-bond donors (Lipinski definition) is 3. The number of pyridine rings is 1. The SMILES string of the molecule is CC(O)CC(C)CNC(=O)NC1CCN(c2ccccn2)C1. The number of rotatable bonds is 6. The molecule has 0 aliphatic carbocycles. The number of aliphatic hydroxyl groups is 1. The second kappa shape index (κ2) is 7.98. The molecule has 122 valence electrons. The van der Waals surface area contributed by atoms with Gasteiger partial charge >= 0.3 is 6.03 Å². The van der Waals surface area contributed by atoms with Gasteiger partial charge in [0.1, 0.15) is 5.82 Å². The minimum atomic E-state index is -0.332. The fourth-order valence-electron chi connectivity index (χ4n) is 2.80. The lowest BCUT2D eigenvalue weighted by Gasteiger charge is -2.19. The Morgan fingerprint density at radius 2 is 2.32 bits per heavy atom. The maximum Gasteiger partial charge on any atom is 0.315 e. The molecular weight excluding hydrogens is 280 g/mol. The van der Waals surface area contributed by atoms with E-state index in [1.807, 2.05) is 25.1 Å². The summed E-state index contributed by atoms with van der Waals surface area (Å²) < 4.78 is 0. The molecule has 3 N–H and O–H groups in total. The van der Waals surface area contributed by atoms with Crippen molar-refractivity contribution in [2.24, 2.45) is 5.92 Å². The highest BCUT2D eigenvalue weighted by atomic mass is 16.3. The van der Waals surface area contributed by atoms with Gasteiger partial charge in [-0.05, 0) is 37.8 Å². The van der Waals surface area contributed by atoms with Gasteiger partial charge in [0.15, 0.2) is 0 Å². The Bertz CT molecular complexity index is 466. The number of urea groups is 1. The summed E-state index contributed by atoms with van der Waals surface area (Å²) in [5.74, 6) is 1.22. The highest BCUT2D eigenvalue weighted by Gasteiger charge is 2.24. The van der Waals surface area contributed by atoms with Crippen molar-refractivity contribution in [2.45, 2.75) is 38.8 Å². The van der Waals surface area contributed by atoms with E-state index < -0.39 is 0 Å². The van der Waals surface area contributed by atoms with Gasteiger partial charge in [0.05, 0.1) is 6.10 Å². The van der Waals surface area contributed by atoms with Crippen molar-refractivity contribution in [3.63, 3.8) is 0 Å². The Kier molecular flexibility index (Phi) is 6.00. The summed E-state index contributed by atoms with van der Waals surface area (Å²) in [5, 5.41) is 15.2. The van der Waals surface area contributed by atoms with E-state index in [-0.39, 0.29) is 24.1 Å². The molecule has 1 aliphatic rings. The topological polar surface area (TPSA) is 77.5 Å². The van der Waals surface area contributed by atoms with Crippen molar-refractivity contribution in [3.05, 3.63) is 24.4 Å². The Labute approximate surface area is 131 Å². The minimum absolute atomic E-state index is 0.134. The summed E-state index contributed by atoms with van der Waals surface area (Å²) in [7, 11) is 0. The van der Waals surface area contributed by atoms with Crippen LogP contribution in [-0.2, 0) is 0 Å². The summed E-state index contributed by atoms with van der Waals surface area (Å²) in [5.41, 5.74) is 0. The molecule has 1 aromatic rings. The molecule has 22 heavy (non-hydrogen) atoms. The van der Waals surface area contributed by atoms with Crippen LogP contribution in [0.4, 0.5) is 10.6 Å². The summed E-state index contributed by atoms with van der Waals surface area (Å²) in [6, 6.07) is 5.87. The van der Waals surface area contributed by atoms with Crippen LogP contribution >= 0.6 is 0 Å². The predicted octanol–water partition coefficient (Wildman–Crippen LogP) is 1.37. The number of aromatic nitrogens is 1. The molecule has 2 heterocycles. The standard InChI is InChI=1S/C16H26N4O2/c1-12(9-13(2)21)10-18-16(22)19-14-6-8-20(11-14)15-5-3-4-7-17-15/h3-5,7,12-14,21H,6,8-11H2,1-2H3,(H2,18,19,22). The maximum absolute atomic E-state index is 11.9. The zero-order valence-electron chi connectivity index (χ0n) is 13.3. The van der Waals surface area contributed by atoms with E-state index >= 15 is 0 Å². The predicted molar refractivity (Wildman–Crippen MR) is 86.9 cm³/mol. The van der Waals surface area contributed by atoms with Crippen molar-refractivity contribution in [1.29, 1.82) is 0 Å². The quantitative estimate of drug-likeness (QED) is 0.742. The number of amides is 2. The molecule has 6 heteroatoms. The lowest BCUT2D eigenvalue weighted by molar-refractivity contribution is 0.163. The normalized spacial score (nSPS) is 20.5. The first kappa shape index (κ1) is 16.5. The van der Waals surface area contributed by atoms with E-state index in [2.05, 4.69) is 20.5 Å². The second-order valence-corrected chi connectivity index (χ2v) is 6.16. The number of hydrogen-bond acceptors (Lipinski definition) is 4. The molecule has 0 spiro atoms. The molecule has 3 unspecified atom stereocenters. The van der Waals surface area contributed by atoms with Crippen molar-refractivity contribution >= 4 is 11.8 Å². The molecule has 0 radical (unpaired) electrons. The van der Waals surface area contributed by atoms with Gasteiger partial charge in [-0.3, -0.25) is 0 Å². The average Bonchev–Trinajstić information content (AvgIpc) is 2.94. The van der Waals surface area contributed by atoms with Gasteiger partial charge in [-0.15, -0.1) is 0 Å². The van der Waals surface area contributed by atoms with Crippen LogP contribution in [-0.4, -0.2) is 47.9 Å². The molecule has 0 bridgehead atoms. The lowest BCUT2D eigenvalue weighted by Crippen LogP contribution is -2.44. The minimum Gasteiger partial charge on any atom is -0.393 e. The number of carbonyl (C=O) groups is 1. The van der Waals surface area contributed by atoms with Crippen LogP contribution in [0.5, 0.6) is 0 Å². The van der Waals surface area contributed by atoms with Gasteiger partial charge in [-0.1, -0.05) is 13.0 Å². The van der Waals surface area contributed by atoms with E-state index in [9.17, 15) is 9.90 Å². The molecule has 3 atom stereocenters. The monoisotopic (exact) mass is 306 g/mol. The third-order valence-electron chi connectivity index (χ3n) is 3.85. The first-order valence-electron chi connectivity index (χ1n) is 7.93. The van der Waals surface area contributed by atoms with Crippen molar-refractivity contribution in [3.8, 4) is 0 Å². The molecule has 0 aromatic carbocycles. The first-order valence-corrected chi connectivity index (χ1v) is 7.93. The van der Waals surface area contributed by atoms with E-state index in [0.717, 1.165) is 25.3 Å². The van der Waals surface area contributed by atoms with Crippen LogP contribution in [0.2, 0.25) is 0 Å². The Morgan fingerprint density at radius 3 is 3.00 bits per heavy atom. The van der Waals surface area contributed by atoms with Crippen LogP contribution in [0, 0.1) is 5.92 Å². The van der Waals surface area contributed by atoms with Gasteiger partial charge in [-0.25, -0.2) is 9.78 Å². The molecular formula is C16H26N4O2. The van der Waals surface area contributed by atoms with Crippen molar-refractivity contribution < 1.29 is 9.90 Å². The van der Waals surface area contributed by atoms with E-state index in [4.69, 9.17) is 0 Å². The highest BCUT2D eigenvalue weighted by Crippen LogP contribution is 2.17. The Morgan fingerprint density at radius 1 is 1.50 bits per heavy atom. The zero-order valence-corrected chi connectivity index (χ0v) is 13.3.